The van der Waals surface area contributed by atoms with Crippen LogP contribution in [0.25, 0.3) is 11.4 Å². The van der Waals surface area contributed by atoms with Crippen molar-refractivity contribution < 1.29 is 9.53 Å². The van der Waals surface area contributed by atoms with Crippen LogP contribution in [-0.2, 0) is 11.2 Å². The number of morpholine rings is 1. The zero-order valence-electron chi connectivity index (χ0n) is 22.0. The highest BCUT2D eigenvalue weighted by Gasteiger charge is 2.38. The molecule has 190 valence electrons. The third-order valence-electron chi connectivity index (χ3n) is 7.17. The van der Waals surface area contributed by atoms with Crippen LogP contribution < -0.4 is 15.5 Å². The van der Waals surface area contributed by atoms with E-state index in [1.807, 2.05) is 31.2 Å². The highest BCUT2D eigenvalue weighted by Crippen LogP contribution is 2.41. The van der Waals surface area contributed by atoms with Crippen molar-refractivity contribution in [2.75, 3.05) is 36.5 Å². The lowest BCUT2D eigenvalue weighted by Gasteiger charge is -2.46. The molecule has 35 heavy (non-hydrogen) atoms. The van der Waals surface area contributed by atoms with Crippen LogP contribution in [0.15, 0.2) is 24.3 Å². The number of carbonyl (C=O) groups excluding carboxylic acids is 1. The van der Waals surface area contributed by atoms with Gasteiger partial charge in [-0.15, -0.1) is 0 Å². The largest absolute Gasteiger partial charge is 0.377 e. The Morgan fingerprint density at radius 2 is 1.91 bits per heavy atom. The van der Waals surface area contributed by atoms with Crippen LogP contribution in [0, 0.1) is 0 Å². The molecule has 8 nitrogen and oxygen atoms in total. The molecule has 2 amide bonds. The predicted octanol–water partition coefficient (Wildman–Crippen LogP) is 4.62. The molecule has 3 heterocycles. The van der Waals surface area contributed by atoms with Crippen LogP contribution in [0.5, 0.6) is 0 Å². The zero-order chi connectivity index (χ0) is 25.1. The number of urea groups is 1. The van der Waals surface area contributed by atoms with Gasteiger partial charge in [-0.1, -0.05) is 6.92 Å². The monoisotopic (exact) mass is 480 g/mol. The second-order valence-corrected chi connectivity index (χ2v) is 9.89. The van der Waals surface area contributed by atoms with Crippen LogP contribution >= 0.6 is 0 Å². The molecule has 0 radical (unpaired) electrons. The fourth-order valence-corrected chi connectivity index (χ4v) is 5.53. The third kappa shape index (κ3) is 5.28. The molecule has 1 saturated heterocycles. The summed E-state index contributed by atoms with van der Waals surface area (Å²) in [6, 6.07) is 8.98. The molecule has 2 aliphatic heterocycles. The first-order valence-electron chi connectivity index (χ1n) is 13.0. The Labute approximate surface area is 209 Å². The highest BCUT2D eigenvalue weighted by molar-refractivity contribution is 5.89. The molecule has 8 heteroatoms. The van der Waals surface area contributed by atoms with E-state index in [1.165, 1.54) is 5.56 Å². The van der Waals surface area contributed by atoms with E-state index in [-0.39, 0.29) is 18.1 Å². The first-order valence-corrected chi connectivity index (χ1v) is 13.0. The molecule has 2 aliphatic rings. The smallest absolute Gasteiger partial charge is 0.319 e. The number of carbonyl (C=O) groups is 1. The molecule has 0 aliphatic carbocycles. The van der Waals surface area contributed by atoms with Gasteiger partial charge in [-0.2, -0.15) is 0 Å². The Hall–Kier alpha value is -2.71. The van der Waals surface area contributed by atoms with E-state index in [0.29, 0.717) is 31.8 Å². The molecular weight excluding hydrogens is 440 g/mol. The minimum atomic E-state index is -0.205. The molecule has 3 atom stereocenters. The molecule has 1 aromatic heterocycles. The fourth-order valence-electron chi connectivity index (χ4n) is 5.53. The number of ether oxygens (including phenoxy) is 1. The minimum absolute atomic E-state index is 0.205. The van der Waals surface area contributed by atoms with Gasteiger partial charge in [0.1, 0.15) is 5.82 Å². The molecule has 1 fully saturated rings. The average molecular weight is 481 g/mol. The lowest BCUT2D eigenvalue weighted by atomic mass is 9.89. The summed E-state index contributed by atoms with van der Waals surface area (Å²) in [6.07, 6.45) is 2.01. The second kappa shape index (κ2) is 10.9. The van der Waals surface area contributed by atoms with Gasteiger partial charge in [-0.05, 0) is 65.3 Å². The molecule has 1 aromatic carbocycles. The second-order valence-electron chi connectivity index (χ2n) is 9.89. The molecule has 0 spiro atoms. The van der Waals surface area contributed by atoms with Crippen LogP contribution in [0.1, 0.15) is 65.3 Å². The first kappa shape index (κ1) is 25.4. The Morgan fingerprint density at radius 3 is 2.54 bits per heavy atom. The summed E-state index contributed by atoms with van der Waals surface area (Å²) < 4.78 is 5.74. The van der Waals surface area contributed by atoms with Gasteiger partial charge in [-0.3, -0.25) is 4.90 Å². The number of anilines is 2. The van der Waals surface area contributed by atoms with Gasteiger partial charge in [0.25, 0.3) is 0 Å². The van der Waals surface area contributed by atoms with Crippen LogP contribution in [0.4, 0.5) is 16.3 Å². The fraction of sp³-hybridized carbons (Fsp3) is 0.593. The predicted molar refractivity (Wildman–Crippen MR) is 141 cm³/mol. The molecule has 0 saturated carbocycles. The van der Waals surface area contributed by atoms with E-state index in [9.17, 15) is 4.79 Å². The molecule has 4 rings (SSSR count). The Balaban J connectivity index is 1.76. The zero-order valence-corrected chi connectivity index (χ0v) is 22.0. The quantitative estimate of drug-likeness (QED) is 0.628. The number of hydrogen-bond donors (Lipinski definition) is 2. The summed E-state index contributed by atoms with van der Waals surface area (Å²) >= 11 is 0. The summed E-state index contributed by atoms with van der Waals surface area (Å²) in [7, 11) is 0. The summed E-state index contributed by atoms with van der Waals surface area (Å²) in [6.45, 7) is 16.1. The van der Waals surface area contributed by atoms with Crippen molar-refractivity contribution >= 4 is 17.5 Å². The van der Waals surface area contributed by atoms with E-state index in [4.69, 9.17) is 14.7 Å². The van der Waals surface area contributed by atoms with E-state index in [1.54, 1.807) is 0 Å². The van der Waals surface area contributed by atoms with Gasteiger partial charge in [0.05, 0.1) is 24.9 Å². The number of aromatic nitrogens is 2. The molecule has 2 aromatic rings. The maximum absolute atomic E-state index is 11.9. The first-order chi connectivity index (χ1) is 16.8. The molecule has 2 unspecified atom stereocenters. The summed E-state index contributed by atoms with van der Waals surface area (Å²) in [4.78, 5) is 27.2. The van der Waals surface area contributed by atoms with Crippen molar-refractivity contribution in [2.45, 2.75) is 78.6 Å². The number of amides is 2. The van der Waals surface area contributed by atoms with E-state index in [2.05, 4.69) is 55.1 Å². The normalized spacial score (nSPS) is 22.7. The lowest BCUT2D eigenvalue weighted by molar-refractivity contribution is 0.0830. The summed E-state index contributed by atoms with van der Waals surface area (Å²) in [5.74, 6) is 1.78. The van der Waals surface area contributed by atoms with Gasteiger partial charge in [0.2, 0.25) is 0 Å². The van der Waals surface area contributed by atoms with E-state index in [0.717, 1.165) is 48.0 Å². The van der Waals surface area contributed by atoms with Gasteiger partial charge < -0.3 is 20.3 Å². The van der Waals surface area contributed by atoms with Crippen molar-refractivity contribution in [2.24, 2.45) is 0 Å². The molecule has 0 bridgehead atoms. The van der Waals surface area contributed by atoms with Gasteiger partial charge in [-0.25, -0.2) is 14.8 Å². The van der Waals surface area contributed by atoms with Crippen molar-refractivity contribution in [1.82, 2.24) is 20.2 Å². The molecule has 2 N–H and O–H groups in total. The summed E-state index contributed by atoms with van der Waals surface area (Å²) in [5, 5.41) is 5.61. The van der Waals surface area contributed by atoms with Crippen LogP contribution in [0.3, 0.4) is 0 Å². The average Bonchev–Trinajstić information content (AvgIpc) is 2.83. The number of hydrogen-bond acceptors (Lipinski definition) is 6. The topological polar surface area (TPSA) is 82.6 Å². The minimum Gasteiger partial charge on any atom is -0.377 e. The maximum atomic E-state index is 11.9. The lowest BCUT2D eigenvalue weighted by Crippen LogP contribution is -2.49. The van der Waals surface area contributed by atoms with E-state index < -0.39 is 0 Å². The standard InChI is InChI=1S/C27H40N6O2/c1-7-22-15-23-24(19(6)33(22)17(3)4)26(32-13-14-35-16-18(32)5)31-25(30-23)20-9-11-21(12-10-20)29-27(34)28-8-2/h9-12,17-19,22H,7-8,13-16H2,1-6H3,(H2,28,29,34)/t18-,19?,22?/m0/s1. The maximum Gasteiger partial charge on any atom is 0.319 e. The van der Waals surface area contributed by atoms with Gasteiger partial charge in [0, 0.05) is 54.5 Å². The number of benzene rings is 1. The number of nitrogens with one attached hydrogen (secondary N) is 2. The van der Waals surface area contributed by atoms with Crippen molar-refractivity contribution in [3.8, 4) is 11.4 Å². The van der Waals surface area contributed by atoms with Crippen molar-refractivity contribution in [3.05, 3.63) is 35.5 Å². The summed E-state index contributed by atoms with van der Waals surface area (Å²) in [5.41, 5.74) is 4.11. The number of nitrogens with zero attached hydrogens (tertiary/aromatic N) is 4. The Bertz CT molecular complexity index is 1030. The van der Waals surface area contributed by atoms with Crippen LogP contribution in [-0.4, -0.2) is 65.3 Å². The molecular formula is C27H40N6O2. The van der Waals surface area contributed by atoms with Crippen LogP contribution in [0.2, 0.25) is 0 Å². The number of fused-ring (bicyclic) bond motifs is 1. The highest BCUT2D eigenvalue weighted by atomic mass is 16.5. The SMILES string of the molecule is CCNC(=O)Nc1ccc(-c2nc3c(c(N4CCOC[C@@H]4C)n2)C(C)N(C(C)C)C(CC)C3)cc1. The van der Waals surface area contributed by atoms with Gasteiger partial charge >= 0.3 is 6.03 Å². The number of rotatable bonds is 6. The van der Waals surface area contributed by atoms with E-state index >= 15 is 0 Å². The Morgan fingerprint density at radius 1 is 1.17 bits per heavy atom. The van der Waals surface area contributed by atoms with Crippen molar-refractivity contribution in [3.63, 3.8) is 0 Å². The van der Waals surface area contributed by atoms with Gasteiger partial charge in [0.15, 0.2) is 5.82 Å². The third-order valence-corrected chi connectivity index (χ3v) is 7.17. The van der Waals surface area contributed by atoms with Crippen molar-refractivity contribution in [1.29, 1.82) is 0 Å². The Kier molecular flexibility index (Phi) is 7.91.